The summed E-state index contributed by atoms with van der Waals surface area (Å²) >= 11 is 0. The van der Waals surface area contributed by atoms with Gasteiger partial charge in [-0.1, -0.05) is 18.2 Å². The molecule has 0 heterocycles. The number of rotatable bonds is 8. The van der Waals surface area contributed by atoms with Gasteiger partial charge in [-0.25, -0.2) is 0 Å². The van der Waals surface area contributed by atoms with Crippen LogP contribution in [0.25, 0.3) is 0 Å². The third kappa shape index (κ3) is 6.09. The Morgan fingerprint density at radius 1 is 1.04 bits per heavy atom. The number of hydrogen-bond acceptors (Lipinski definition) is 5. The standard InChI is InChI=1S/C23H22N2O3/c24-14-18-6-10-22(11-7-18)27-16-21(26)17-28-23-12-8-19(9-13-23)15-25-20-4-2-1-3-5-20/h1-6,8-13,15,21,24,26H,7,16-17H2/b25-15+. The molecule has 0 aromatic heterocycles. The monoisotopic (exact) mass is 374 g/mol. The van der Waals surface area contributed by atoms with Crippen molar-refractivity contribution in [3.8, 4) is 5.75 Å². The van der Waals surface area contributed by atoms with Crippen molar-refractivity contribution in [1.29, 1.82) is 5.41 Å². The minimum Gasteiger partial charge on any atom is -0.491 e. The smallest absolute Gasteiger partial charge is 0.122 e. The molecule has 142 valence electrons. The minimum absolute atomic E-state index is 0.139. The van der Waals surface area contributed by atoms with E-state index in [1.165, 1.54) is 0 Å². The van der Waals surface area contributed by atoms with Crippen LogP contribution >= 0.6 is 0 Å². The van der Waals surface area contributed by atoms with E-state index in [0.29, 0.717) is 17.9 Å². The Kier molecular flexibility index (Phi) is 6.96. The van der Waals surface area contributed by atoms with Gasteiger partial charge in [0.15, 0.2) is 0 Å². The van der Waals surface area contributed by atoms with Crippen LogP contribution in [-0.2, 0) is 4.74 Å². The Balaban J connectivity index is 1.42. The molecule has 3 rings (SSSR count). The van der Waals surface area contributed by atoms with Crippen LogP contribution in [0.5, 0.6) is 5.75 Å². The Labute approximate surface area is 164 Å². The van der Waals surface area contributed by atoms with Crippen molar-refractivity contribution in [3.05, 3.63) is 89.7 Å². The van der Waals surface area contributed by atoms with Crippen LogP contribution < -0.4 is 4.74 Å². The van der Waals surface area contributed by atoms with E-state index in [4.69, 9.17) is 14.9 Å². The molecule has 0 radical (unpaired) electrons. The van der Waals surface area contributed by atoms with Crippen LogP contribution in [0.4, 0.5) is 5.69 Å². The second-order valence-corrected chi connectivity index (χ2v) is 6.23. The largest absolute Gasteiger partial charge is 0.491 e. The first-order valence-electron chi connectivity index (χ1n) is 9.02. The molecule has 2 N–H and O–H groups in total. The highest BCUT2D eigenvalue weighted by atomic mass is 16.5. The van der Waals surface area contributed by atoms with Gasteiger partial charge in [-0.15, -0.1) is 0 Å². The van der Waals surface area contributed by atoms with Crippen molar-refractivity contribution in [3.63, 3.8) is 0 Å². The van der Waals surface area contributed by atoms with Crippen LogP contribution in [0.1, 0.15) is 12.0 Å². The average molecular weight is 374 g/mol. The van der Waals surface area contributed by atoms with Crippen molar-refractivity contribution in [1.82, 2.24) is 0 Å². The number of aliphatic imine (C=N–C) groups is 1. The molecule has 1 aliphatic rings. The molecule has 0 spiro atoms. The number of aliphatic hydroxyl groups is 1. The zero-order chi connectivity index (χ0) is 19.6. The lowest BCUT2D eigenvalue weighted by atomic mass is 10.1. The van der Waals surface area contributed by atoms with Crippen molar-refractivity contribution >= 4 is 17.8 Å². The summed E-state index contributed by atoms with van der Waals surface area (Å²) in [5, 5.41) is 17.1. The maximum atomic E-state index is 10.0. The molecule has 1 atom stereocenters. The Morgan fingerprint density at radius 2 is 1.79 bits per heavy atom. The number of hydrogen-bond donors (Lipinski definition) is 2. The number of allylic oxidation sites excluding steroid dienone is 4. The normalized spacial score (nSPS) is 14.5. The van der Waals surface area contributed by atoms with E-state index in [-0.39, 0.29) is 13.2 Å². The number of benzene rings is 2. The van der Waals surface area contributed by atoms with Gasteiger partial charge in [-0.3, -0.25) is 10.4 Å². The summed E-state index contributed by atoms with van der Waals surface area (Å²) in [7, 11) is 0. The van der Waals surface area contributed by atoms with Crippen molar-refractivity contribution < 1.29 is 14.6 Å². The summed E-state index contributed by atoms with van der Waals surface area (Å²) < 4.78 is 11.2. The molecule has 0 saturated carbocycles. The second-order valence-electron chi connectivity index (χ2n) is 6.23. The zero-order valence-electron chi connectivity index (χ0n) is 15.4. The fourth-order valence-corrected chi connectivity index (χ4v) is 2.48. The van der Waals surface area contributed by atoms with Gasteiger partial charge in [0.2, 0.25) is 0 Å². The van der Waals surface area contributed by atoms with Gasteiger partial charge < -0.3 is 14.6 Å². The summed E-state index contributed by atoms with van der Waals surface area (Å²) in [6, 6.07) is 17.3. The van der Waals surface area contributed by atoms with Gasteiger partial charge in [-0.2, -0.15) is 0 Å². The molecule has 5 heteroatoms. The van der Waals surface area contributed by atoms with Crippen molar-refractivity contribution in [2.45, 2.75) is 12.5 Å². The second kappa shape index (κ2) is 10.1. The van der Waals surface area contributed by atoms with E-state index in [9.17, 15) is 5.11 Å². The van der Waals surface area contributed by atoms with Crippen LogP contribution in [0.15, 0.2) is 89.2 Å². The first-order valence-corrected chi connectivity index (χ1v) is 9.02. The summed E-state index contributed by atoms with van der Waals surface area (Å²) in [6.45, 7) is 0.279. The lowest BCUT2D eigenvalue weighted by Crippen LogP contribution is -2.23. The molecule has 1 unspecified atom stereocenters. The molecule has 0 aliphatic heterocycles. The number of ether oxygens (including phenoxy) is 2. The Hall–Kier alpha value is -3.40. The lowest BCUT2D eigenvalue weighted by molar-refractivity contribution is 0.0402. The van der Waals surface area contributed by atoms with Crippen LogP contribution in [0.3, 0.4) is 0 Å². The summed E-state index contributed by atoms with van der Waals surface area (Å²) in [5.41, 5.74) is 2.67. The van der Waals surface area contributed by atoms with E-state index in [0.717, 1.165) is 16.8 Å². The van der Waals surface area contributed by atoms with Crippen molar-refractivity contribution in [2.75, 3.05) is 13.2 Å². The van der Waals surface area contributed by atoms with Crippen LogP contribution in [0, 0.1) is 5.41 Å². The molecular weight excluding hydrogens is 352 g/mol. The van der Waals surface area contributed by atoms with E-state index >= 15 is 0 Å². The maximum Gasteiger partial charge on any atom is 0.122 e. The number of para-hydroxylation sites is 1. The maximum absolute atomic E-state index is 10.0. The minimum atomic E-state index is -0.742. The molecule has 0 fully saturated rings. The van der Waals surface area contributed by atoms with Gasteiger partial charge in [0.25, 0.3) is 0 Å². The SMILES string of the molecule is N=C=C1C=CC(OCC(O)COc2ccc(/C=N/c3ccccc3)cc2)=CC1. The molecule has 0 saturated heterocycles. The predicted octanol–water partition coefficient (Wildman–Crippen LogP) is 4.21. The molecule has 0 bridgehead atoms. The Bertz CT molecular complexity index is 909. The number of aliphatic hydroxyl groups excluding tert-OH is 1. The molecule has 2 aromatic carbocycles. The van der Waals surface area contributed by atoms with E-state index in [1.807, 2.05) is 60.7 Å². The third-order valence-electron chi connectivity index (χ3n) is 4.02. The third-order valence-corrected chi connectivity index (χ3v) is 4.02. The van der Waals surface area contributed by atoms with E-state index < -0.39 is 6.10 Å². The Morgan fingerprint density at radius 3 is 2.46 bits per heavy atom. The fraction of sp³-hybridized carbons (Fsp3) is 0.174. The molecule has 5 nitrogen and oxygen atoms in total. The first-order chi connectivity index (χ1) is 13.7. The van der Waals surface area contributed by atoms with Crippen molar-refractivity contribution in [2.24, 2.45) is 4.99 Å². The summed E-state index contributed by atoms with van der Waals surface area (Å²) in [6.07, 6.45) is 7.08. The predicted molar refractivity (Wildman–Crippen MR) is 111 cm³/mol. The molecule has 28 heavy (non-hydrogen) atoms. The molecule has 2 aromatic rings. The molecule has 1 aliphatic carbocycles. The van der Waals surface area contributed by atoms with Crippen LogP contribution in [-0.4, -0.2) is 36.5 Å². The van der Waals surface area contributed by atoms with Gasteiger partial charge >= 0.3 is 0 Å². The van der Waals surface area contributed by atoms with Gasteiger partial charge in [0.05, 0.1) is 5.69 Å². The van der Waals surface area contributed by atoms with Gasteiger partial charge in [0, 0.05) is 18.2 Å². The topological polar surface area (TPSA) is 74.9 Å². The molecular formula is C23H22N2O3. The lowest BCUT2D eigenvalue weighted by Gasteiger charge is -2.15. The van der Waals surface area contributed by atoms with E-state index in [1.54, 1.807) is 18.4 Å². The number of nitrogens with one attached hydrogen (secondary N) is 1. The first kappa shape index (κ1) is 19.4. The number of nitrogens with zero attached hydrogens (tertiary/aromatic N) is 1. The highest BCUT2D eigenvalue weighted by Gasteiger charge is 2.09. The van der Waals surface area contributed by atoms with Gasteiger partial charge in [0.1, 0.15) is 30.8 Å². The van der Waals surface area contributed by atoms with Crippen LogP contribution in [0.2, 0.25) is 0 Å². The average Bonchev–Trinajstić information content (AvgIpc) is 2.76. The van der Waals surface area contributed by atoms with E-state index in [2.05, 4.69) is 10.9 Å². The summed E-state index contributed by atoms with van der Waals surface area (Å²) in [5.74, 6) is 3.71. The fourth-order valence-electron chi connectivity index (χ4n) is 2.48. The highest BCUT2D eigenvalue weighted by Crippen LogP contribution is 2.16. The zero-order valence-corrected chi connectivity index (χ0v) is 15.4. The molecule has 0 amide bonds. The summed E-state index contributed by atoms with van der Waals surface area (Å²) in [4.78, 5) is 4.41. The quantitative estimate of drug-likeness (QED) is 0.680. The van der Waals surface area contributed by atoms with Gasteiger partial charge in [-0.05, 0) is 66.1 Å². The highest BCUT2D eigenvalue weighted by molar-refractivity contribution is 5.82.